The number of hydrogen-bond acceptors (Lipinski definition) is 4. The number of ether oxygens (including phenoxy) is 2. The molecule has 122 valence electrons. The Balaban J connectivity index is 1.50. The Morgan fingerprint density at radius 2 is 1.76 bits per heavy atom. The summed E-state index contributed by atoms with van der Waals surface area (Å²) < 4.78 is 12.4. The molecule has 0 amide bonds. The molecule has 3 aliphatic rings. The van der Waals surface area contributed by atoms with Gasteiger partial charge in [0.1, 0.15) is 0 Å². The molecule has 0 aromatic rings. The molecule has 2 aliphatic heterocycles. The molecule has 3 rings (SSSR count). The fraction of sp³-hybridized carbons (Fsp3) is 1.00. The van der Waals surface area contributed by atoms with Crippen molar-refractivity contribution in [3.8, 4) is 0 Å². The van der Waals surface area contributed by atoms with Crippen LogP contribution in [0.3, 0.4) is 0 Å². The zero-order chi connectivity index (χ0) is 14.6. The smallest absolute Gasteiger partial charge is 0.0723 e. The van der Waals surface area contributed by atoms with E-state index in [0.29, 0.717) is 6.10 Å². The Morgan fingerprint density at radius 1 is 1.05 bits per heavy atom. The van der Waals surface area contributed by atoms with E-state index in [1.807, 2.05) is 0 Å². The number of rotatable bonds is 3. The van der Waals surface area contributed by atoms with E-state index in [-0.39, 0.29) is 11.1 Å². The first-order chi connectivity index (χ1) is 10.2. The summed E-state index contributed by atoms with van der Waals surface area (Å²) in [6.07, 6.45) is 12.4. The van der Waals surface area contributed by atoms with E-state index in [9.17, 15) is 0 Å². The molecule has 1 atom stereocenters. The minimum absolute atomic E-state index is 0.0651. The SMILES string of the molecule is NC1(COC2CCOC3(CCSCC3)C2)CCCCCC1. The predicted molar refractivity (Wildman–Crippen MR) is 88.8 cm³/mol. The Labute approximate surface area is 133 Å². The molecule has 1 saturated carbocycles. The van der Waals surface area contributed by atoms with E-state index in [0.717, 1.165) is 38.9 Å². The lowest BCUT2D eigenvalue weighted by atomic mass is 9.86. The third-order valence-corrected chi connectivity index (χ3v) is 6.54. The second-order valence-electron chi connectivity index (χ2n) is 7.35. The van der Waals surface area contributed by atoms with Crippen molar-refractivity contribution in [2.45, 2.75) is 81.5 Å². The van der Waals surface area contributed by atoms with Crippen LogP contribution in [0.2, 0.25) is 0 Å². The van der Waals surface area contributed by atoms with Gasteiger partial charge in [0.25, 0.3) is 0 Å². The van der Waals surface area contributed by atoms with Gasteiger partial charge < -0.3 is 15.2 Å². The Kier molecular flexibility index (Phi) is 5.52. The molecule has 0 bridgehead atoms. The molecule has 3 nitrogen and oxygen atoms in total. The van der Waals surface area contributed by atoms with Crippen LogP contribution in [0.25, 0.3) is 0 Å². The lowest BCUT2D eigenvalue weighted by Gasteiger charge is -2.43. The first-order valence-corrected chi connectivity index (χ1v) is 9.98. The summed E-state index contributed by atoms with van der Waals surface area (Å²) in [5.74, 6) is 2.49. The lowest BCUT2D eigenvalue weighted by molar-refractivity contribution is -0.142. The number of nitrogens with two attached hydrogens (primary N) is 1. The Bertz CT molecular complexity index is 317. The molecule has 2 saturated heterocycles. The summed E-state index contributed by atoms with van der Waals surface area (Å²) in [5.41, 5.74) is 6.65. The summed E-state index contributed by atoms with van der Waals surface area (Å²) in [5, 5.41) is 0. The molecule has 0 radical (unpaired) electrons. The van der Waals surface area contributed by atoms with Gasteiger partial charge in [-0.1, -0.05) is 25.7 Å². The highest BCUT2D eigenvalue weighted by atomic mass is 32.2. The Hall–Kier alpha value is 0.230. The van der Waals surface area contributed by atoms with Gasteiger partial charge in [-0.05, 0) is 43.6 Å². The molecule has 2 N–H and O–H groups in total. The van der Waals surface area contributed by atoms with Gasteiger partial charge >= 0.3 is 0 Å². The summed E-state index contributed by atoms with van der Waals surface area (Å²) >= 11 is 2.06. The fourth-order valence-electron chi connectivity index (χ4n) is 4.08. The standard InChI is InChI=1S/C17H31NO2S/c18-16(6-3-1-2-4-7-16)14-19-15-5-10-20-17(13-15)8-11-21-12-9-17/h15H,1-14,18H2. The highest BCUT2D eigenvalue weighted by Gasteiger charge is 2.39. The monoisotopic (exact) mass is 313 g/mol. The van der Waals surface area contributed by atoms with Gasteiger partial charge in [0, 0.05) is 18.6 Å². The first-order valence-electron chi connectivity index (χ1n) is 8.82. The van der Waals surface area contributed by atoms with Crippen LogP contribution in [0, 0.1) is 0 Å². The molecule has 21 heavy (non-hydrogen) atoms. The molecular weight excluding hydrogens is 282 g/mol. The van der Waals surface area contributed by atoms with E-state index >= 15 is 0 Å². The van der Waals surface area contributed by atoms with Crippen molar-refractivity contribution in [2.24, 2.45) is 5.73 Å². The minimum Gasteiger partial charge on any atom is -0.376 e. The second-order valence-corrected chi connectivity index (χ2v) is 8.57. The third kappa shape index (κ3) is 4.37. The van der Waals surface area contributed by atoms with Crippen molar-refractivity contribution in [2.75, 3.05) is 24.7 Å². The van der Waals surface area contributed by atoms with Gasteiger partial charge in [-0.15, -0.1) is 0 Å². The van der Waals surface area contributed by atoms with Crippen molar-refractivity contribution < 1.29 is 9.47 Å². The maximum atomic E-state index is 6.59. The van der Waals surface area contributed by atoms with Gasteiger partial charge in [0.15, 0.2) is 0 Å². The summed E-state index contributed by atoms with van der Waals surface area (Å²) in [4.78, 5) is 0. The highest BCUT2D eigenvalue weighted by molar-refractivity contribution is 7.99. The average Bonchev–Trinajstić information content (AvgIpc) is 2.72. The molecule has 4 heteroatoms. The maximum Gasteiger partial charge on any atom is 0.0723 e. The molecule has 1 spiro atoms. The van der Waals surface area contributed by atoms with Crippen LogP contribution in [-0.2, 0) is 9.47 Å². The van der Waals surface area contributed by atoms with Gasteiger partial charge in [-0.2, -0.15) is 11.8 Å². The van der Waals surface area contributed by atoms with E-state index in [1.54, 1.807) is 0 Å². The van der Waals surface area contributed by atoms with Gasteiger partial charge in [0.05, 0.1) is 18.3 Å². The topological polar surface area (TPSA) is 44.5 Å². The second kappa shape index (κ2) is 7.20. The average molecular weight is 314 g/mol. The van der Waals surface area contributed by atoms with Gasteiger partial charge in [-0.25, -0.2) is 0 Å². The molecule has 0 aromatic carbocycles. The van der Waals surface area contributed by atoms with E-state index in [1.165, 1.54) is 50.0 Å². The van der Waals surface area contributed by atoms with Crippen molar-refractivity contribution in [1.29, 1.82) is 0 Å². The molecular formula is C17H31NO2S. The number of thioether (sulfide) groups is 1. The normalized spacial score (nSPS) is 32.7. The largest absolute Gasteiger partial charge is 0.376 e. The van der Waals surface area contributed by atoms with Crippen LogP contribution in [0.15, 0.2) is 0 Å². The zero-order valence-electron chi connectivity index (χ0n) is 13.3. The van der Waals surface area contributed by atoms with E-state index in [4.69, 9.17) is 15.2 Å². The van der Waals surface area contributed by atoms with E-state index in [2.05, 4.69) is 11.8 Å². The molecule has 3 fully saturated rings. The summed E-state index contributed by atoms with van der Waals surface area (Å²) in [6.45, 7) is 1.62. The lowest BCUT2D eigenvalue weighted by Crippen LogP contribution is -2.49. The van der Waals surface area contributed by atoms with Gasteiger partial charge in [-0.3, -0.25) is 0 Å². The number of hydrogen-bond donors (Lipinski definition) is 1. The Morgan fingerprint density at radius 3 is 2.48 bits per heavy atom. The van der Waals surface area contributed by atoms with Crippen molar-refractivity contribution in [1.82, 2.24) is 0 Å². The predicted octanol–water partition coefficient (Wildman–Crippen LogP) is 3.50. The van der Waals surface area contributed by atoms with Crippen LogP contribution in [-0.4, -0.2) is 42.0 Å². The van der Waals surface area contributed by atoms with Crippen LogP contribution in [0.5, 0.6) is 0 Å². The van der Waals surface area contributed by atoms with Crippen LogP contribution in [0.4, 0.5) is 0 Å². The molecule has 2 heterocycles. The van der Waals surface area contributed by atoms with Crippen molar-refractivity contribution in [3.05, 3.63) is 0 Å². The molecule has 1 unspecified atom stereocenters. The fourth-order valence-corrected chi connectivity index (χ4v) is 5.31. The van der Waals surface area contributed by atoms with Gasteiger partial charge in [0.2, 0.25) is 0 Å². The minimum atomic E-state index is -0.0651. The summed E-state index contributed by atoms with van der Waals surface area (Å²) in [7, 11) is 0. The van der Waals surface area contributed by atoms with Crippen LogP contribution < -0.4 is 5.73 Å². The van der Waals surface area contributed by atoms with Crippen LogP contribution in [0.1, 0.15) is 64.2 Å². The zero-order valence-corrected chi connectivity index (χ0v) is 14.1. The maximum absolute atomic E-state index is 6.59. The van der Waals surface area contributed by atoms with Crippen molar-refractivity contribution in [3.63, 3.8) is 0 Å². The molecule has 1 aliphatic carbocycles. The van der Waals surface area contributed by atoms with Crippen LogP contribution >= 0.6 is 11.8 Å². The quantitative estimate of drug-likeness (QED) is 0.810. The summed E-state index contributed by atoms with van der Waals surface area (Å²) in [6, 6.07) is 0. The third-order valence-electron chi connectivity index (χ3n) is 5.56. The van der Waals surface area contributed by atoms with E-state index < -0.39 is 0 Å². The highest BCUT2D eigenvalue weighted by Crippen LogP contribution is 2.38. The first kappa shape index (κ1) is 16.1. The molecule has 0 aromatic heterocycles. The van der Waals surface area contributed by atoms with Crippen molar-refractivity contribution >= 4 is 11.8 Å².